The Morgan fingerprint density at radius 3 is 2.84 bits per heavy atom. The highest BCUT2D eigenvalue weighted by atomic mass is 16.5. The summed E-state index contributed by atoms with van der Waals surface area (Å²) in [5.74, 6) is 0.0387. The first-order valence-electron chi connectivity index (χ1n) is 6.67. The molecule has 1 N–H and O–H groups in total. The number of carbonyl (C=O) groups is 1. The van der Waals surface area contributed by atoms with Gasteiger partial charge in [0.1, 0.15) is 0 Å². The van der Waals surface area contributed by atoms with Crippen molar-refractivity contribution in [2.75, 3.05) is 32.8 Å². The fourth-order valence-corrected chi connectivity index (χ4v) is 2.06. The summed E-state index contributed by atoms with van der Waals surface area (Å²) in [5.41, 5.74) is 2.01. The Morgan fingerprint density at radius 1 is 1.47 bits per heavy atom. The van der Waals surface area contributed by atoms with Gasteiger partial charge in [-0.2, -0.15) is 0 Å². The molecule has 0 aliphatic carbocycles. The molecule has 0 saturated carbocycles. The third-order valence-corrected chi connectivity index (χ3v) is 3.23. The molecule has 2 heterocycles. The number of nitrogens with zero attached hydrogens (tertiary/aromatic N) is 2. The van der Waals surface area contributed by atoms with Crippen LogP contribution in [0.2, 0.25) is 0 Å². The van der Waals surface area contributed by atoms with Crippen LogP contribution in [-0.4, -0.2) is 48.6 Å². The first-order valence-corrected chi connectivity index (χ1v) is 6.67. The number of ether oxygens (including phenoxy) is 1. The van der Waals surface area contributed by atoms with E-state index in [-0.39, 0.29) is 11.9 Å². The van der Waals surface area contributed by atoms with E-state index < -0.39 is 0 Å². The summed E-state index contributed by atoms with van der Waals surface area (Å²) in [6, 6.07) is 3.90. The van der Waals surface area contributed by atoms with Crippen molar-refractivity contribution in [2.45, 2.75) is 19.9 Å². The monoisotopic (exact) mass is 263 g/mol. The third kappa shape index (κ3) is 4.29. The molecule has 19 heavy (non-hydrogen) atoms. The number of aryl methyl sites for hydroxylation is 1. The van der Waals surface area contributed by atoms with Crippen molar-refractivity contribution in [1.29, 1.82) is 0 Å². The van der Waals surface area contributed by atoms with Crippen LogP contribution in [-0.2, 0) is 9.53 Å². The van der Waals surface area contributed by atoms with Gasteiger partial charge in [0.15, 0.2) is 0 Å². The van der Waals surface area contributed by atoms with E-state index in [0.29, 0.717) is 19.8 Å². The molecule has 104 valence electrons. The predicted octanol–water partition coefficient (Wildman–Crippen LogP) is 0.899. The quantitative estimate of drug-likeness (QED) is 0.877. The minimum Gasteiger partial charge on any atom is -0.379 e. The molecule has 1 aromatic heterocycles. The van der Waals surface area contributed by atoms with E-state index in [0.717, 1.165) is 24.3 Å². The zero-order valence-corrected chi connectivity index (χ0v) is 11.6. The van der Waals surface area contributed by atoms with Crippen molar-refractivity contribution >= 4 is 5.91 Å². The minimum atomic E-state index is -0.0610. The van der Waals surface area contributed by atoms with Crippen LogP contribution in [0.4, 0.5) is 0 Å². The maximum atomic E-state index is 11.9. The van der Waals surface area contributed by atoms with Gasteiger partial charge in [-0.15, -0.1) is 0 Å². The Labute approximate surface area is 114 Å². The Hall–Kier alpha value is -1.46. The molecule has 5 nitrogen and oxygen atoms in total. The lowest BCUT2D eigenvalue weighted by Crippen LogP contribution is -2.43. The highest BCUT2D eigenvalue weighted by molar-refractivity contribution is 5.78. The first kappa shape index (κ1) is 14.0. The third-order valence-electron chi connectivity index (χ3n) is 3.23. The van der Waals surface area contributed by atoms with Crippen molar-refractivity contribution < 1.29 is 9.53 Å². The number of rotatable bonds is 4. The van der Waals surface area contributed by atoms with Crippen molar-refractivity contribution in [2.24, 2.45) is 0 Å². The zero-order chi connectivity index (χ0) is 13.7. The van der Waals surface area contributed by atoms with Gasteiger partial charge < -0.3 is 10.1 Å². The van der Waals surface area contributed by atoms with E-state index in [1.165, 1.54) is 0 Å². The maximum Gasteiger partial charge on any atom is 0.234 e. The van der Waals surface area contributed by atoms with Crippen LogP contribution in [0, 0.1) is 6.92 Å². The Bertz CT molecular complexity index is 413. The molecule has 0 spiro atoms. The lowest BCUT2D eigenvalue weighted by molar-refractivity contribution is -0.123. The number of aromatic nitrogens is 1. The molecule has 1 saturated heterocycles. The number of hydrogen-bond acceptors (Lipinski definition) is 4. The largest absolute Gasteiger partial charge is 0.379 e. The molecule has 2 rings (SSSR count). The SMILES string of the molecule is Cc1ccc([C@H](C)NC(=O)CN2CCOCC2)nc1. The Balaban J connectivity index is 1.82. The van der Waals surface area contributed by atoms with Gasteiger partial charge >= 0.3 is 0 Å². The predicted molar refractivity (Wildman–Crippen MR) is 72.8 cm³/mol. The summed E-state index contributed by atoms with van der Waals surface area (Å²) in [7, 11) is 0. The van der Waals surface area contributed by atoms with Crippen molar-refractivity contribution in [3.05, 3.63) is 29.6 Å². The number of amides is 1. The second kappa shape index (κ2) is 6.63. The average Bonchev–Trinajstić information content (AvgIpc) is 2.40. The van der Waals surface area contributed by atoms with Gasteiger partial charge in [-0.1, -0.05) is 6.07 Å². The molecule has 1 aromatic rings. The topological polar surface area (TPSA) is 54.5 Å². The molecule has 1 aliphatic rings. The molecule has 0 aromatic carbocycles. The van der Waals surface area contributed by atoms with E-state index >= 15 is 0 Å². The number of pyridine rings is 1. The van der Waals surface area contributed by atoms with Crippen LogP contribution in [0.25, 0.3) is 0 Å². The lowest BCUT2D eigenvalue weighted by atomic mass is 10.2. The number of morpholine rings is 1. The summed E-state index contributed by atoms with van der Waals surface area (Å²) in [4.78, 5) is 18.4. The first-order chi connectivity index (χ1) is 9.15. The highest BCUT2D eigenvalue weighted by Crippen LogP contribution is 2.09. The van der Waals surface area contributed by atoms with Crippen LogP contribution in [0.5, 0.6) is 0 Å². The lowest BCUT2D eigenvalue weighted by Gasteiger charge is -2.26. The molecule has 1 amide bonds. The maximum absolute atomic E-state index is 11.9. The number of carbonyl (C=O) groups excluding carboxylic acids is 1. The minimum absolute atomic E-state index is 0.0387. The van der Waals surface area contributed by atoms with Gasteiger partial charge in [0.2, 0.25) is 5.91 Å². The van der Waals surface area contributed by atoms with E-state index in [4.69, 9.17) is 4.74 Å². The molecule has 5 heteroatoms. The van der Waals surface area contributed by atoms with Gasteiger partial charge in [-0.05, 0) is 25.5 Å². The Morgan fingerprint density at radius 2 is 2.21 bits per heavy atom. The second-order valence-electron chi connectivity index (χ2n) is 4.94. The van der Waals surface area contributed by atoms with Crippen LogP contribution in [0.3, 0.4) is 0 Å². The standard InChI is InChI=1S/C14H21N3O2/c1-11-3-4-13(15-9-11)12(2)16-14(18)10-17-5-7-19-8-6-17/h3-4,9,12H,5-8,10H2,1-2H3,(H,16,18)/t12-/m0/s1. The van der Waals surface area contributed by atoms with Crippen LogP contribution in [0.15, 0.2) is 18.3 Å². The molecule has 0 bridgehead atoms. The molecular weight excluding hydrogens is 242 g/mol. The van der Waals surface area contributed by atoms with Gasteiger partial charge in [0.05, 0.1) is 31.5 Å². The average molecular weight is 263 g/mol. The number of hydrogen-bond donors (Lipinski definition) is 1. The summed E-state index contributed by atoms with van der Waals surface area (Å²) >= 11 is 0. The van der Waals surface area contributed by atoms with Crippen molar-refractivity contribution in [1.82, 2.24) is 15.2 Å². The molecular formula is C14H21N3O2. The summed E-state index contributed by atoms with van der Waals surface area (Å²) in [6.45, 7) is 7.45. The van der Waals surface area contributed by atoms with Crippen molar-refractivity contribution in [3.63, 3.8) is 0 Å². The molecule has 0 radical (unpaired) electrons. The molecule has 1 fully saturated rings. The molecule has 0 unspecified atom stereocenters. The van der Waals surface area contributed by atoms with Crippen LogP contribution in [0.1, 0.15) is 24.2 Å². The summed E-state index contributed by atoms with van der Waals surface area (Å²) in [6.07, 6.45) is 1.82. The van der Waals surface area contributed by atoms with Gasteiger partial charge in [0, 0.05) is 19.3 Å². The van der Waals surface area contributed by atoms with Crippen LogP contribution < -0.4 is 5.32 Å². The van der Waals surface area contributed by atoms with Crippen molar-refractivity contribution in [3.8, 4) is 0 Å². The highest BCUT2D eigenvalue weighted by Gasteiger charge is 2.16. The molecule has 1 atom stereocenters. The summed E-state index contributed by atoms with van der Waals surface area (Å²) in [5, 5.41) is 2.98. The Kier molecular flexibility index (Phi) is 4.87. The zero-order valence-electron chi connectivity index (χ0n) is 11.6. The molecule has 1 aliphatic heterocycles. The van der Waals surface area contributed by atoms with Gasteiger partial charge in [-0.3, -0.25) is 14.7 Å². The second-order valence-corrected chi connectivity index (χ2v) is 4.94. The van der Waals surface area contributed by atoms with Gasteiger partial charge in [-0.25, -0.2) is 0 Å². The van der Waals surface area contributed by atoms with Gasteiger partial charge in [0.25, 0.3) is 0 Å². The van der Waals surface area contributed by atoms with E-state index in [2.05, 4.69) is 15.2 Å². The smallest absolute Gasteiger partial charge is 0.234 e. The number of nitrogens with one attached hydrogen (secondary N) is 1. The summed E-state index contributed by atoms with van der Waals surface area (Å²) < 4.78 is 5.26. The van der Waals surface area contributed by atoms with E-state index in [1.54, 1.807) is 0 Å². The fraction of sp³-hybridized carbons (Fsp3) is 0.571. The normalized spacial score (nSPS) is 18.0. The van der Waals surface area contributed by atoms with E-state index in [9.17, 15) is 4.79 Å². The fourth-order valence-electron chi connectivity index (χ4n) is 2.06. The van der Waals surface area contributed by atoms with E-state index in [1.807, 2.05) is 32.2 Å². The van der Waals surface area contributed by atoms with Crippen LogP contribution >= 0.6 is 0 Å².